The van der Waals surface area contributed by atoms with E-state index in [0.29, 0.717) is 12.0 Å². The van der Waals surface area contributed by atoms with Crippen molar-refractivity contribution in [3.8, 4) is 0 Å². The molecule has 0 saturated heterocycles. The minimum atomic E-state index is -0.166. The number of halogens is 2. The molecule has 0 amide bonds. The van der Waals surface area contributed by atoms with Gasteiger partial charge in [0.2, 0.25) is 0 Å². The molecule has 2 aromatic carbocycles. The van der Waals surface area contributed by atoms with Crippen LogP contribution in [0.3, 0.4) is 0 Å². The Balaban J connectivity index is 2.25. The molecule has 0 fully saturated rings. The first-order valence-corrected chi connectivity index (χ1v) is 6.66. The number of benzene rings is 2. The molecule has 0 radical (unpaired) electrons. The SMILES string of the molecule is CNC(Cc1ccccc1F)c1ccc(C)c(Cl)c1. The Bertz CT molecular complexity index is 568. The van der Waals surface area contributed by atoms with Crippen molar-refractivity contribution in [1.82, 2.24) is 5.32 Å². The Kier molecular flexibility index (Phi) is 4.56. The molecule has 2 aromatic rings. The highest BCUT2D eigenvalue weighted by Gasteiger charge is 2.13. The zero-order valence-electron chi connectivity index (χ0n) is 11.1. The Morgan fingerprint density at radius 1 is 1.21 bits per heavy atom. The van der Waals surface area contributed by atoms with Crippen molar-refractivity contribution >= 4 is 11.6 Å². The van der Waals surface area contributed by atoms with Crippen molar-refractivity contribution in [2.24, 2.45) is 0 Å². The van der Waals surface area contributed by atoms with E-state index in [1.165, 1.54) is 6.07 Å². The van der Waals surface area contributed by atoms with E-state index in [4.69, 9.17) is 11.6 Å². The standard InChI is InChI=1S/C16H17ClFN/c1-11-7-8-13(9-14(11)17)16(19-2)10-12-5-3-4-6-15(12)18/h3-9,16,19H,10H2,1-2H3. The molecule has 19 heavy (non-hydrogen) atoms. The molecule has 0 heterocycles. The second-order valence-electron chi connectivity index (χ2n) is 4.65. The second-order valence-corrected chi connectivity index (χ2v) is 5.05. The summed E-state index contributed by atoms with van der Waals surface area (Å²) in [5.41, 5.74) is 2.83. The van der Waals surface area contributed by atoms with Gasteiger partial charge < -0.3 is 5.32 Å². The van der Waals surface area contributed by atoms with Crippen molar-refractivity contribution in [1.29, 1.82) is 0 Å². The van der Waals surface area contributed by atoms with Gasteiger partial charge in [0.1, 0.15) is 5.82 Å². The van der Waals surface area contributed by atoms with Crippen LogP contribution < -0.4 is 5.32 Å². The number of rotatable bonds is 4. The summed E-state index contributed by atoms with van der Waals surface area (Å²) in [5.74, 6) is -0.166. The minimum Gasteiger partial charge on any atom is -0.313 e. The fourth-order valence-electron chi connectivity index (χ4n) is 2.10. The molecular weight excluding hydrogens is 261 g/mol. The van der Waals surface area contributed by atoms with Gasteiger partial charge in [-0.05, 0) is 49.2 Å². The molecule has 0 aliphatic rings. The molecule has 0 saturated carbocycles. The Morgan fingerprint density at radius 3 is 2.58 bits per heavy atom. The number of aryl methyl sites for hydroxylation is 1. The third kappa shape index (κ3) is 3.34. The van der Waals surface area contributed by atoms with Gasteiger partial charge in [0.15, 0.2) is 0 Å². The van der Waals surface area contributed by atoms with Crippen LogP contribution in [-0.4, -0.2) is 7.05 Å². The monoisotopic (exact) mass is 277 g/mol. The van der Waals surface area contributed by atoms with Crippen LogP contribution in [0.4, 0.5) is 4.39 Å². The van der Waals surface area contributed by atoms with Crippen LogP contribution in [0.25, 0.3) is 0 Å². The average molecular weight is 278 g/mol. The van der Waals surface area contributed by atoms with Crippen LogP contribution in [0.5, 0.6) is 0 Å². The highest BCUT2D eigenvalue weighted by atomic mass is 35.5. The summed E-state index contributed by atoms with van der Waals surface area (Å²) in [6.07, 6.45) is 0.600. The molecule has 1 nitrogen and oxygen atoms in total. The van der Waals surface area contributed by atoms with Crippen molar-refractivity contribution in [2.45, 2.75) is 19.4 Å². The van der Waals surface area contributed by atoms with Crippen molar-refractivity contribution in [2.75, 3.05) is 7.05 Å². The molecule has 0 aromatic heterocycles. The van der Waals surface area contributed by atoms with Crippen LogP contribution >= 0.6 is 11.6 Å². The maximum absolute atomic E-state index is 13.7. The average Bonchev–Trinajstić information content (AvgIpc) is 2.41. The smallest absolute Gasteiger partial charge is 0.126 e. The van der Waals surface area contributed by atoms with Crippen LogP contribution in [-0.2, 0) is 6.42 Å². The molecule has 0 aliphatic carbocycles. The Hall–Kier alpha value is -1.38. The molecule has 3 heteroatoms. The molecule has 1 N–H and O–H groups in total. The Morgan fingerprint density at radius 2 is 1.95 bits per heavy atom. The van der Waals surface area contributed by atoms with Gasteiger partial charge in [-0.15, -0.1) is 0 Å². The van der Waals surface area contributed by atoms with E-state index < -0.39 is 0 Å². The molecule has 0 spiro atoms. The van der Waals surface area contributed by atoms with E-state index in [1.807, 2.05) is 44.3 Å². The molecule has 100 valence electrons. The maximum atomic E-state index is 13.7. The van der Waals surface area contributed by atoms with Gasteiger partial charge >= 0.3 is 0 Å². The second kappa shape index (κ2) is 6.18. The number of hydrogen-bond donors (Lipinski definition) is 1. The van der Waals surface area contributed by atoms with Gasteiger partial charge in [-0.2, -0.15) is 0 Å². The van der Waals surface area contributed by atoms with Crippen molar-refractivity contribution < 1.29 is 4.39 Å². The lowest BCUT2D eigenvalue weighted by Gasteiger charge is -2.18. The van der Waals surface area contributed by atoms with Crippen LogP contribution in [0.1, 0.15) is 22.7 Å². The van der Waals surface area contributed by atoms with Crippen molar-refractivity contribution in [3.05, 3.63) is 70.0 Å². The van der Waals surface area contributed by atoms with Crippen LogP contribution in [0, 0.1) is 12.7 Å². The van der Waals surface area contributed by atoms with Gasteiger partial charge in [-0.3, -0.25) is 0 Å². The van der Waals surface area contributed by atoms with E-state index >= 15 is 0 Å². The highest BCUT2D eigenvalue weighted by Crippen LogP contribution is 2.24. The summed E-state index contributed by atoms with van der Waals surface area (Å²) in [6.45, 7) is 1.97. The number of hydrogen-bond acceptors (Lipinski definition) is 1. The van der Waals surface area contributed by atoms with E-state index in [2.05, 4.69) is 5.32 Å². The van der Waals surface area contributed by atoms with Crippen LogP contribution in [0.15, 0.2) is 42.5 Å². The zero-order chi connectivity index (χ0) is 13.8. The van der Waals surface area contributed by atoms with Gasteiger partial charge in [-0.1, -0.05) is 41.9 Å². The summed E-state index contributed by atoms with van der Waals surface area (Å²) in [4.78, 5) is 0. The van der Waals surface area contributed by atoms with Crippen molar-refractivity contribution in [3.63, 3.8) is 0 Å². The molecule has 2 rings (SSSR count). The third-order valence-electron chi connectivity index (χ3n) is 3.33. The van der Waals surface area contributed by atoms with Gasteiger partial charge in [0.05, 0.1) is 0 Å². The summed E-state index contributed by atoms with van der Waals surface area (Å²) >= 11 is 6.15. The molecule has 0 aliphatic heterocycles. The molecule has 0 bridgehead atoms. The predicted molar refractivity (Wildman–Crippen MR) is 78.1 cm³/mol. The van der Waals surface area contributed by atoms with Crippen LogP contribution in [0.2, 0.25) is 5.02 Å². The first-order valence-electron chi connectivity index (χ1n) is 6.28. The Labute approximate surface area is 118 Å². The highest BCUT2D eigenvalue weighted by molar-refractivity contribution is 6.31. The largest absolute Gasteiger partial charge is 0.313 e. The van der Waals surface area contributed by atoms with Gasteiger partial charge in [0.25, 0.3) is 0 Å². The van der Waals surface area contributed by atoms with E-state index in [0.717, 1.165) is 16.1 Å². The third-order valence-corrected chi connectivity index (χ3v) is 3.74. The van der Waals surface area contributed by atoms with E-state index in [9.17, 15) is 4.39 Å². The van der Waals surface area contributed by atoms with Gasteiger partial charge in [-0.25, -0.2) is 4.39 Å². The first kappa shape index (κ1) is 14.0. The quantitative estimate of drug-likeness (QED) is 0.879. The van der Waals surface area contributed by atoms with E-state index in [1.54, 1.807) is 6.07 Å². The molecule has 1 atom stereocenters. The summed E-state index contributed by atoms with van der Waals surface area (Å²) in [6, 6.07) is 12.9. The first-order chi connectivity index (χ1) is 9.11. The minimum absolute atomic E-state index is 0.0509. The molecule has 1 unspecified atom stereocenters. The van der Waals surface area contributed by atoms with Gasteiger partial charge in [0, 0.05) is 11.1 Å². The summed E-state index contributed by atoms with van der Waals surface area (Å²) < 4.78 is 13.7. The lowest BCUT2D eigenvalue weighted by atomic mass is 9.98. The zero-order valence-corrected chi connectivity index (χ0v) is 11.8. The lowest BCUT2D eigenvalue weighted by molar-refractivity contribution is 0.554. The van der Waals surface area contributed by atoms with E-state index in [-0.39, 0.29) is 11.9 Å². The fourth-order valence-corrected chi connectivity index (χ4v) is 2.29. The molecular formula is C16H17ClFN. The summed E-state index contributed by atoms with van der Waals surface area (Å²) in [5, 5.41) is 3.96. The fraction of sp³-hybridized carbons (Fsp3) is 0.250. The predicted octanol–water partition coefficient (Wildman–Crippen LogP) is 4.29. The topological polar surface area (TPSA) is 12.0 Å². The number of nitrogens with one attached hydrogen (secondary N) is 1. The summed E-state index contributed by atoms with van der Waals surface area (Å²) in [7, 11) is 1.87. The normalized spacial score (nSPS) is 12.4. The maximum Gasteiger partial charge on any atom is 0.126 e. The lowest BCUT2D eigenvalue weighted by Crippen LogP contribution is -2.19. The number of likely N-dealkylation sites (N-methyl/N-ethyl adjacent to an activating group) is 1.